The van der Waals surface area contributed by atoms with E-state index in [-0.39, 0.29) is 11.8 Å². The van der Waals surface area contributed by atoms with Gasteiger partial charge in [-0.15, -0.1) is 0 Å². The number of aryl methyl sites for hydroxylation is 1. The number of benzene rings is 1. The van der Waals surface area contributed by atoms with Gasteiger partial charge in [0.2, 0.25) is 5.91 Å². The molecule has 132 valence electrons. The zero-order valence-corrected chi connectivity index (χ0v) is 15.2. The molecule has 0 aliphatic carbocycles. The molecule has 1 fully saturated rings. The highest BCUT2D eigenvalue weighted by Gasteiger charge is 2.24. The molecule has 5 heteroatoms. The van der Waals surface area contributed by atoms with Crippen LogP contribution in [0.25, 0.3) is 5.69 Å². The van der Waals surface area contributed by atoms with Gasteiger partial charge in [0.05, 0.1) is 5.56 Å². The maximum atomic E-state index is 13.1. The van der Waals surface area contributed by atoms with E-state index in [1.807, 2.05) is 60.0 Å². The topological polar surface area (TPSA) is 45.6 Å². The Morgan fingerprint density at radius 3 is 2.24 bits per heavy atom. The number of nitrogens with zero attached hydrogens (tertiary/aromatic N) is 3. The highest BCUT2D eigenvalue weighted by molar-refractivity contribution is 5.96. The normalized spacial score (nSPS) is 15.2. The van der Waals surface area contributed by atoms with Gasteiger partial charge in [-0.3, -0.25) is 9.59 Å². The number of aromatic nitrogens is 1. The number of amides is 2. The van der Waals surface area contributed by atoms with Crippen molar-refractivity contribution in [2.75, 3.05) is 26.2 Å². The summed E-state index contributed by atoms with van der Waals surface area (Å²) in [6.45, 7) is 8.22. The molecule has 1 aromatic carbocycles. The van der Waals surface area contributed by atoms with Crippen molar-refractivity contribution in [1.29, 1.82) is 0 Å². The summed E-state index contributed by atoms with van der Waals surface area (Å²) in [5.41, 5.74) is 3.82. The highest BCUT2D eigenvalue weighted by atomic mass is 16.2. The average Bonchev–Trinajstić information content (AvgIpc) is 2.78. The summed E-state index contributed by atoms with van der Waals surface area (Å²) in [4.78, 5) is 28.3. The van der Waals surface area contributed by atoms with E-state index in [0.717, 1.165) is 35.6 Å². The maximum absolute atomic E-state index is 13.1. The van der Waals surface area contributed by atoms with Gasteiger partial charge < -0.3 is 14.4 Å². The highest BCUT2D eigenvalue weighted by Crippen LogP contribution is 2.22. The van der Waals surface area contributed by atoms with Gasteiger partial charge in [0.1, 0.15) is 0 Å². The molecule has 0 N–H and O–H groups in total. The fourth-order valence-electron chi connectivity index (χ4n) is 3.56. The molecule has 3 rings (SSSR count). The van der Waals surface area contributed by atoms with Gasteiger partial charge in [-0.1, -0.05) is 18.2 Å². The molecule has 2 aromatic rings. The molecule has 0 unspecified atom stereocenters. The Morgan fingerprint density at radius 1 is 0.920 bits per heavy atom. The van der Waals surface area contributed by atoms with Crippen molar-refractivity contribution in [2.45, 2.75) is 27.2 Å². The summed E-state index contributed by atoms with van der Waals surface area (Å²) in [7, 11) is 0. The van der Waals surface area contributed by atoms with Crippen molar-refractivity contribution in [1.82, 2.24) is 14.4 Å². The first kappa shape index (κ1) is 17.3. The van der Waals surface area contributed by atoms with Crippen molar-refractivity contribution >= 4 is 11.8 Å². The zero-order valence-electron chi connectivity index (χ0n) is 15.2. The molecule has 0 radical (unpaired) electrons. The molecule has 5 nitrogen and oxygen atoms in total. The SMILES string of the molecule is CC(=O)N1CCCN(C(=O)c2cc(C)n(-c3ccccc3)c2C)CC1. The lowest BCUT2D eigenvalue weighted by atomic mass is 10.2. The monoisotopic (exact) mass is 339 g/mol. The second-order valence-electron chi connectivity index (χ2n) is 6.61. The lowest BCUT2D eigenvalue weighted by Gasteiger charge is -2.21. The van der Waals surface area contributed by atoms with E-state index in [0.29, 0.717) is 19.6 Å². The first-order valence-electron chi connectivity index (χ1n) is 8.78. The lowest BCUT2D eigenvalue weighted by Crippen LogP contribution is -2.36. The van der Waals surface area contributed by atoms with Crippen LogP contribution in [0.15, 0.2) is 36.4 Å². The Morgan fingerprint density at radius 2 is 1.56 bits per heavy atom. The quantitative estimate of drug-likeness (QED) is 0.844. The molecule has 0 saturated carbocycles. The minimum absolute atomic E-state index is 0.0562. The van der Waals surface area contributed by atoms with Crippen LogP contribution in [0.4, 0.5) is 0 Å². The Bertz CT molecular complexity index is 780. The van der Waals surface area contributed by atoms with Gasteiger partial charge in [-0.2, -0.15) is 0 Å². The van der Waals surface area contributed by atoms with Gasteiger partial charge in [0.25, 0.3) is 5.91 Å². The third-order valence-corrected chi connectivity index (χ3v) is 4.90. The van der Waals surface area contributed by atoms with Gasteiger partial charge in [0.15, 0.2) is 0 Å². The van der Waals surface area contributed by atoms with Crippen molar-refractivity contribution in [3.63, 3.8) is 0 Å². The number of hydrogen-bond donors (Lipinski definition) is 0. The second kappa shape index (κ2) is 7.13. The van der Waals surface area contributed by atoms with Gasteiger partial charge >= 0.3 is 0 Å². The van der Waals surface area contributed by atoms with E-state index in [9.17, 15) is 9.59 Å². The fraction of sp³-hybridized carbons (Fsp3) is 0.400. The molecule has 2 heterocycles. The number of carbonyl (C=O) groups is 2. The van der Waals surface area contributed by atoms with Crippen LogP contribution in [0, 0.1) is 13.8 Å². The zero-order chi connectivity index (χ0) is 18.0. The molecule has 1 saturated heterocycles. The number of rotatable bonds is 2. The van der Waals surface area contributed by atoms with E-state index in [4.69, 9.17) is 0 Å². The molecule has 1 aliphatic heterocycles. The van der Waals surface area contributed by atoms with Gasteiger partial charge in [-0.25, -0.2) is 0 Å². The maximum Gasteiger partial charge on any atom is 0.255 e. The lowest BCUT2D eigenvalue weighted by molar-refractivity contribution is -0.128. The van der Waals surface area contributed by atoms with E-state index >= 15 is 0 Å². The summed E-state index contributed by atoms with van der Waals surface area (Å²) < 4.78 is 2.12. The number of carbonyl (C=O) groups excluding carboxylic acids is 2. The summed E-state index contributed by atoms with van der Waals surface area (Å²) in [5, 5.41) is 0. The van der Waals surface area contributed by atoms with Gasteiger partial charge in [-0.05, 0) is 38.5 Å². The summed E-state index contributed by atoms with van der Waals surface area (Å²) >= 11 is 0. The molecule has 1 aliphatic rings. The predicted molar refractivity (Wildman–Crippen MR) is 98.0 cm³/mol. The van der Waals surface area contributed by atoms with Crippen LogP contribution in [0.2, 0.25) is 0 Å². The first-order chi connectivity index (χ1) is 12.0. The van der Waals surface area contributed by atoms with Crippen LogP contribution in [0.1, 0.15) is 35.1 Å². The first-order valence-corrected chi connectivity index (χ1v) is 8.78. The van der Waals surface area contributed by atoms with Crippen LogP contribution in [-0.2, 0) is 4.79 Å². The van der Waals surface area contributed by atoms with E-state index in [1.165, 1.54) is 0 Å². The fourth-order valence-corrected chi connectivity index (χ4v) is 3.56. The largest absolute Gasteiger partial charge is 0.341 e. The molecule has 25 heavy (non-hydrogen) atoms. The number of hydrogen-bond acceptors (Lipinski definition) is 2. The van der Waals surface area contributed by atoms with Crippen LogP contribution >= 0.6 is 0 Å². The average molecular weight is 339 g/mol. The van der Waals surface area contributed by atoms with Crippen molar-refractivity contribution in [3.8, 4) is 5.69 Å². The Kier molecular flexibility index (Phi) is 4.93. The van der Waals surface area contributed by atoms with Crippen molar-refractivity contribution in [2.24, 2.45) is 0 Å². The minimum Gasteiger partial charge on any atom is -0.341 e. The van der Waals surface area contributed by atoms with Crippen LogP contribution < -0.4 is 0 Å². The smallest absolute Gasteiger partial charge is 0.255 e. The summed E-state index contributed by atoms with van der Waals surface area (Å²) in [5.74, 6) is 0.136. The molecule has 0 spiro atoms. The van der Waals surface area contributed by atoms with E-state index < -0.39 is 0 Å². The third kappa shape index (κ3) is 3.45. The van der Waals surface area contributed by atoms with Crippen LogP contribution in [0.3, 0.4) is 0 Å². The number of para-hydroxylation sites is 1. The molecule has 0 atom stereocenters. The van der Waals surface area contributed by atoms with Crippen molar-refractivity contribution < 1.29 is 9.59 Å². The van der Waals surface area contributed by atoms with Crippen molar-refractivity contribution in [3.05, 3.63) is 53.3 Å². The second-order valence-corrected chi connectivity index (χ2v) is 6.61. The predicted octanol–water partition coefficient (Wildman–Crippen LogP) is 2.79. The van der Waals surface area contributed by atoms with Crippen LogP contribution in [0.5, 0.6) is 0 Å². The molecule has 1 aromatic heterocycles. The molecule has 0 bridgehead atoms. The minimum atomic E-state index is 0.0562. The molecular weight excluding hydrogens is 314 g/mol. The van der Waals surface area contributed by atoms with E-state index in [1.54, 1.807) is 6.92 Å². The standard InChI is InChI=1S/C20H25N3O2/c1-15-14-19(16(2)23(15)18-8-5-4-6-9-18)20(25)22-11-7-10-21(12-13-22)17(3)24/h4-6,8-9,14H,7,10-13H2,1-3H3. The molecular formula is C20H25N3O2. The van der Waals surface area contributed by atoms with Crippen LogP contribution in [-0.4, -0.2) is 52.4 Å². The Hall–Kier alpha value is -2.56. The summed E-state index contributed by atoms with van der Waals surface area (Å²) in [6, 6.07) is 12.1. The van der Waals surface area contributed by atoms with E-state index in [2.05, 4.69) is 4.57 Å². The Balaban J connectivity index is 1.85. The van der Waals surface area contributed by atoms with Gasteiger partial charge in [0, 0.05) is 50.2 Å². The Labute approximate surface area is 148 Å². The molecule has 2 amide bonds. The summed E-state index contributed by atoms with van der Waals surface area (Å²) in [6.07, 6.45) is 0.822. The third-order valence-electron chi connectivity index (χ3n) is 4.90.